The Kier molecular flexibility index (Phi) is 5.24. The zero-order chi connectivity index (χ0) is 20.3. The number of rotatable bonds is 7. The molecule has 4 aromatic rings. The number of benzene rings is 2. The van der Waals surface area contributed by atoms with Gasteiger partial charge in [0.2, 0.25) is 0 Å². The van der Waals surface area contributed by atoms with Gasteiger partial charge in [-0.05, 0) is 37.3 Å². The van der Waals surface area contributed by atoms with Crippen LogP contribution in [0, 0.1) is 0 Å². The molecule has 0 amide bonds. The summed E-state index contributed by atoms with van der Waals surface area (Å²) in [5, 5.41) is 9.72. The first-order chi connectivity index (χ1) is 14.1. The van der Waals surface area contributed by atoms with Gasteiger partial charge in [-0.1, -0.05) is 23.4 Å². The van der Waals surface area contributed by atoms with Crippen molar-refractivity contribution in [3.05, 3.63) is 72.8 Å². The Morgan fingerprint density at radius 3 is 2.86 bits per heavy atom. The van der Waals surface area contributed by atoms with Gasteiger partial charge in [0.1, 0.15) is 5.69 Å². The molecule has 0 saturated carbocycles. The van der Waals surface area contributed by atoms with Gasteiger partial charge in [-0.15, -0.1) is 5.10 Å². The second-order valence-corrected chi connectivity index (χ2v) is 7.98. The van der Waals surface area contributed by atoms with Crippen LogP contribution >= 0.6 is 0 Å². The van der Waals surface area contributed by atoms with Crippen LogP contribution in [0.4, 0.5) is 5.69 Å². The van der Waals surface area contributed by atoms with Gasteiger partial charge in [0, 0.05) is 29.8 Å². The summed E-state index contributed by atoms with van der Waals surface area (Å²) in [6.07, 6.45) is 5.04. The number of ether oxygens (including phenoxy) is 1. The minimum absolute atomic E-state index is 0.128. The van der Waals surface area contributed by atoms with Crippen LogP contribution in [-0.4, -0.2) is 35.0 Å². The van der Waals surface area contributed by atoms with Gasteiger partial charge in [0.25, 0.3) is 10.0 Å². The zero-order valence-corrected chi connectivity index (χ0v) is 16.5. The van der Waals surface area contributed by atoms with Crippen molar-refractivity contribution in [2.45, 2.75) is 18.4 Å². The van der Waals surface area contributed by atoms with E-state index in [-0.39, 0.29) is 4.90 Å². The molecule has 0 unspecified atom stereocenters. The van der Waals surface area contributed by atoms with Crippen LogP contribution in [0.25, 0.3) is 16.5 Å². The summed E-state index contributed by atoms with van der Waals surface area (Å²) < 4.78 is 35.5. The first-order valence-electron chi connectivity index (χ1n) is 9.02. The maximum Gasteiger partial charge on any atom is 0.261 e. The molecule has 9 heteroatoms. The predicted molar refractivity (Wildman–Crippen MR) is 109 cm³/mol. The number of nitrogens with one attached hydrogen (secondary N) is 1. The Balaban J connectivity index is 1.64. The van der Waals surface area contributed by atoms with E-state index in [0.29, 0.717) is 30.3 Å². The van der Waals surface area contributed by atoms with Crippen molar-refractivity contribution >= 4 is 26.5 Å². The highest BCUT2D eigenvalue weighted by Gasteiger charge is 2.17. The first-order valence-corrected chi connectivity index (χ1v) is 10.5. The van der Waals surface area contributed by atoms with E-state index >= 15 is 0 Å². The van der Waals surface area contributed by atoms with Crippen LogP contribution in [0.3, 0.4) is 0 Å². The Hall–Kier alpha value is -3.30. The molecule has 0 atom stereocenters. The molecule has 4 rings (SSSR count). The number of hydrogen-bond acceptors (Lipinski definition) is 6. The SMILES string of the molecule is CCOCc1cn(-c2cccc(S(=O)(=O)Nc3cccc4cnccc34)c2)nn1. The molecule has 0 spiro atoms. The Morgan fingerprint density at radius 2 is 2.00 bits per heavy atom. The normalized spacial score (nSPS) is 11.6. The molecular formula is C20H19N5O3S. The van der Waals surface area contributed by atoms with Crippen molar-refractivity contribution in [1.29, 1.82) is 0 Å². The molecule has 2 aromatic heterocycles. The van der Waals surface area contributed by atoms with Crippen molar-refractivity contribution < 1.29 is 13.2 Å². The zero-order valence-electron chi connectivity index (χ0n) is 15.7. The van der Waals surface area contributed by atoms with Crippen molar-refractivity contribution in [2.75, 3.05) is 11.3 Å². The molecule has 0 aliphatic carbocycles. The number of nitrogens with zero attached hydrogens (tertiary/aromatic N) is 4. The minimum Gasteiger partial charge on any atom is -0.375 e. The quantitative estimate of drug-likeness (QED) is 0.503. The summed E-state index contributed by atoms with van der Waals surface area (Å²) >= 11 is 0. The average molecular weight is 409 g/mol. The Bertz CT molecular complexity index is 1250. The van der Waals surface area contributed by atoms with E-state index in [1.165, 1.54) is 10.7 Å². The fourth-order valence-corrected chi connectivity index (χ4v) is 4.02. The lowest BCUT2D eigenvalue weighted by Crippen LogP contribution is -2.13. The van der Waals surface area contributed by atoms with Gasteiger partial charge in [-0.2, -0.15) is 0 Å². The number of anilines is 1. The molecular weight excluding hydrogens is 390 g/mol. The molecule has 8 nitrogen and oxygen atoms in total. The highest BCUT2D eigenvalue weighted by atomic mass is 32.2. The number of pyridine rings is 1. The van der Waals surface area contributed by atoms with Crippen LogP contribution in [0.2, 0.25) is 0 Å². The molecule has 2 aromatic carbocycles. The molecule has 29 heavy (non-hydrogen) atoms. The van der Waals surface area contributed by atoms with E-state index in [0.717, 1.165) is 10.8 Å². The molecule has 0 aliphatic heterocycles. The molecule has 2 heterocycles. The number of hydrogen-bond donors (Lipinski definition) is 1. The summed E-state index contributed by atoms with van der Waals surface area (Å²) in [6.45, 7) is 2.83. The molecule has 0 bridgehead atoms. The molecule has 148 valence electrons. The predicted octanol–water partition coefficient (Wildman–Crippen LogP) is 3.15. The van der Waals surface area contributed by atoms with E-state index < -0.39 is 10.0 Å². The summed E-state index contributed by atoms with van der Waals surface area (Å²) in [5.41, 5.74) is 1.75. The van der Waals surface area contributed by atoms with Gasteiger partial charge in [0.15, 0.2) is 0 Å². The largest absolute Gasteiger partial charge is 0.375 e. The lowest BCUT2D eigenvalue weighted by atomic mass is 10.1. The number of sulfonamides is 1. The van der Waals surface area contributed by atoms with Crippen LogP contribution in [0.5, 0.6) is 0 Å². The molecule has 0 aliphatic rings. The van der Waals surface area contributed by atoms with Gasteiger partial charge >= 0.3 is 0 Å². The van der Waals surface area contributed by atoms with Crippen LogP contribution in [0.15, 0.2) is 72.0 Å². The minimum atomic E-state index is -3.80. The van der Waals surface area contributed by atoms with E-state index in [1.54, 1.807) is 55.0 Å². The second-order valence-electron chi connectivity index (χ2n) is 6.30. The third-order valence-corrected chi connectivity index (χ3v) is 5.68. The van der Waals surface area contributed by atoms with Crippen LogP contribution < -0.4 is 4.72 Å². The second kappa shape index (κ2) is 7.98. The Morgan fingerprint density at radius 1 is 1.14 bits per heavy atom. The van der Waals surface area contributed by atoms with E-state index in [1.807, 2.05) is 13.0 Å². The lowest BCUT2D eigenvalue weighted by Gasteiger charge is -2.11. The molecule has 0 fully saturated rings. The third-order valence-electron chi connectivity index (χ3n) is 4.31. The summed E-state index contributed by atoms with van der Waals surface area (Å²) in [6, 6.07) is 13.7. The van der Waals surface area contributed by atoms with Crippen molar-refractivity contribution in [2.24, 2.45) is 0 Å². The van der Waals surface area contributed by atoms with E-state index in [2.05, 4.69) is 20.0 Å². The molecule has 1 N–H and O–H groups in total. The average Bonchev–Trinajstić information content (AvgIpc) is 3.21. The summed E-state index contributed by atoms with van der Waals surface area (Å²) in [5.74, 6) is 0. The Labute approximate surface area is 168 Å². The van der Waals surface area contributed by atoms with Crippen molar-refractivity contribution in [1.82, 2.24) is 20.0 Å². The van der Waals surface area contributed by atoms with E-state index in [4.69, 9.17) is 4.74 Å². The standard InChI is InChI=1S/C20H19N5O3S/c1-2-28-14-16-13-25(24-22-16)17-6-4-7-18(11-17)29(26,27)23-20-8-3-5-15-12-21-10-9-19(15)20/h3-13,23H,2,14H2,1H3. The highest BCUT2D eigenvalue weighted by Crippen LogP contribution is 2.25. The monoisotopic (exact) mass is 409 g/mol. The third kappa shape index (κ3) is 4.10. The fraction of sp³-hybridized carbons (Fsp3) is 0.150. The smallest absolute Gasteiger partial charge is 0.261 e. The molecule has 0 radical (unpaired) electrons. The van der Waals surface area contributed by atoms with Gasteiger partial charge in [0.05, 0.1) is 29.1 Å². The van der Waals surface area contributed by atoms with Gasteiger partial charge < -0.3 is 4.74 Å². The van der Waals surface area contributed by atoms with Crippen LogP contribution in [-0.2, 0) is 21.4 Å². The number of aromatic nitrogens is 4. The highest BCUT2D eigenvalue weighted by molar-refractivity contribution is 7.92. The summed E-state index contributed by atoms with van der Waals surface area (Å²) in [7, 11) is -3.80. The number of fused-ring (bicyclic) bond motifs is 1. The topological polar surface area (TPSA) is 99.0 Å². The molecule has 0 saturated heterocycles. The van der Waals surface area contributed by atoms with Gasteiger partial charge in [-0.3, -0.25) is 9.71 Å². The van der Waals surface area contributed by atoms with Crippen molar-refractivity contribution in [3.63, 3.8) is 0 Å². The van der Waals surface area contributed by atoms with Crippen LogP contribution in [0.1, 0.15) is 12.6 Å². The first kappa shape index (κ1) is 19.0. The maximum absolute atomic E-state index is 13.0. The van der Waals surface area contributed by atoms with Gasteiger partial charge in [-0.25, -0.2) is 13.1 Å². The maximum atomic E-state index is 13.0. The summed E-state index contributed by atoms with van der Waals surface area (Å²) in [4.78, 5) is 4.20. The lowest BCUT2D eigenvalue weighted by molar-refractivity contribution is 0.131. The fourth-order valence-electron chi connectivity index (χ4n) is 2.91. The van der Waals surface area contributed by atoms with Crippen molar-refractivity contribution in [3.8, 4) is 5.69 Å². The van der Waals surface area contributed by atoms with E-state index in [9.17, 15) is 8.42 Å².